The maximum absolute atomic E-state index is 5.89. The molecule has 1 aliphatic carbocycles. The van der Waals surface area contributed by atoms with Gasteiger partial charge in [-0.3, -0.25) is 0 Å². The highest BCUT2D eigenvalue weighted by Crippen LogP contribution is 2.37. The van der Waals surface area contributed by atoms with Crippen molar-refractivity contribution in [3.63, 3.8) is 0 Å². The molecule has 2 aromatic rings. The van der Waals surface area contributed by atoms with Crippen molar-refractivity contribution in [2.75, 3.05) is 0 Å². The first-order valence-electron chi connectivity index (χ1n) is 4.52. The molecule has 1 radical (unpaired) electrons. The molecule has 65 valence electrons. The van der Waals surface area contributed by atoms with Crippen molar-refractivity contribution in [3.05, 3.63) is 35.5 Å². The van der Waals surface area contributed by atoms with Crippen molar-refractivity contribution in [3.8, 4) is 0 Å². The second-order valence-electron chi connectivity index (χ2n) is 3.57. The van der Waals surface area contributed by atoms with Gasteiger partial charge in [-0.2, -0.15) is 0 Å². The van der Waals surface area contributed by atoms with Crippen LogP contribution in [0.3, 0.4) is 0 Å². The van der Waals surface area contributed by atoms with Crippen molar-refractivity contribution in [1.29, 1.82) is 0 Å². The van der Waals surface area contributed by atoms with Gasteiger partial charge in [0.05, 0.1) is 0 Å². The molecule has 1 saturated carbocycles. The molecule has 1 nitrogen and oxygen atoms in total. The molecule has 0 atom stereocenters. The molecule has 1 fully saturated rings. The number of benzene rings is 1. The van der Waals surface area contributed by atoms with E-state index < -0.39 is 0 Å². The van der Waals surface area contributed by atoms with Crippen LogP contribution in [-0.4, -0.2) is 4.57 Å². The quantitative estimate of drug-likeness (QED) is 0.650. The van der Waals surface area contributed by atoms with E-state index in [0.29, 0.717) is 0 Å². The summed E-state index contributed by atoms with van der Waals surface area (Å²) in [6.07, 6.45) is 4.65. The molecule has 1 aromatic heterocycles. The van der Waals surface area contributed by atoms with Gasteiger partial charge in [0.2, 0.25) is 0 Å². The molecule has 0 unspecified atom stereocenters. The van der Waals surface area contributed by atoms with Crippen LogP contribution < -0.4 is 0 Å². The minimum atomic E-state index is 0.718. The van der Waals surface area contributed by atoms with Gasteiger partial charge in [-0.05, 0) is 31.0 Å². The Labute approximate surface area is 81.9 Å². The Morgan fingerprint density at radius 3 is 3.00 bits per heavy atom. The lowest BCUT2D eigenvalue weighted by Crippen LogP contribution is -1.89. The second-order valence-corrected chi connectivity index (χ2v) is 4.01. The zero-order valence-electron chi connectivity index (χ0n) is 7.13. The zero-order chi connectivity index (χ0) is 8.84. The Bertz CT molecular complexity index is 454. The van der Waals surface area contributed by atoms with E-state index in [1.165, 1.54) is 18.4 Å². The third-order valence-corrected chi connectivity index (χ3v) is 2.77. The molecule has 0 spiro atoms. The average Bonchev–Trinajstić information content (AvgIpc) is 2.87. The van der Waals surface area contributed by atoms with E-state index in [0.717, 1.165) is 16.5 Å². The van der Waals surface area contributed by atoms with Crippen LogP contribution in [0.15, 0.2) is 24.4 Å². The van der Waals surface area contributed by atoms with E-state index >= 15 is 0 Å². The lowest BCUT2D eigenvalue weighted by atomic mass is 10.2. The largest absolute Gasteiger partial charge is 0.344 e. The van der Waals surface area contributed by atoms with Crippen LogP contribution in [0.4, 0.5) is 0 Å². The summed E-state index contributed by atoms with van der Waals surface area (Å²) < 4.78 is 2.30. The Hall–Kier alpha value is -0.950. The minimum Gasteiger partial charge on any atom is -0.344 e. The van der Waals surface area contributed by atoms with Crippen LogP contribution in [0.2, 0.25) is 5.02 Å². The van der Waals surface area contributed by atoms with E-state index in [1.54, 1.807) is 0 Å². The highest BCUT2D eigenvalue weighted by molar-refractivity contribution is 6.31. The molecule has 0 aliphatic heterocycles. The summed E-state index contributed by atoms with van der Waals surface area (Å²) in [6, 6.07) is 9.93. The molecule has 0 bridgehead atoms. The highest BCUT2D eigenvalue weighted by atomic mass is 35.5. The van der Waals surface area contributed by atoms with Gasteiger partial charge in [-0.1, -0.05) is 11.6 Å². The summed E-state index contributed by atoms with van der Waals surface area (Å²) in [6.45, 7) is 0. The molecule has 1 aliphatic rings. The number of fused-ring (bicyclic) bond motifs is 1. The fourth-order valence-corrected chi connectivity index (χ4v) is 1.88. The van der Waals surface area contributed by atoms with Crippen LogP contribution >= 0.6 is 11.6 Å². The van der Waals surface area contributed by atoms with Gasteiger partial charge >= 0.3 is 0 Å². The maximum atomic E-state index is 5.89. The third-order valence-electron chi connectivity index (χ3n) is 2.54. The van der Waals surface area contributed by atoms with Crippen LogP contribution in [0.25, 0.3) is 10.9 Å². The molecule has 3 rings (SSSR count). The molecular weight excluding hydrogens is 182 g/mol. The summed E-state index contributed by atoms with van der Waals surface area (Å²) in [7, 11) is 0. The Morgan fingerprint density at radius 1 is 1.38 bits per heavy atom. The van der Waals surface area contributed by atoms with E-state index in [2.05, 4.69) is 16.7 Å². The molecule has 1 heterocycles. The van der Waals surface area contributed by atoms with E-state index in [4.69, 9.17) is 11.6 Å². The molecule has 13 heavy (non-hydrogen) atoms. The predicted octanol–water partition coefficient (Wildman–Crippen LogP) is 3.43. The number of hydrogen-bond acceptors (Lipinski definition) is 0. The van der Waals surface area contributed by atoms with Gasteiger partial charge in [-0.25, -0.2) is 0 Å². The van der Waals surface area contributed by atoms with E-state index in [1.807, 2.05) is 18.3 Å². The molecule has 0 amide bonds. The topological polar surface area (TPSA) is 4.93 Å². The fourth-order valence-electron chi connectivity index (χ4n) is 1.71. The number of nitrogens with zero attached hydrogens (tertiary/aromatic N) is 1. The summed E-state index contributed by atoms with van der Waals surface area (Å²) in [4.78, 5) is 0. The van der Waals surface area contributed by atoms with Crippen molar-refractivity contribution < 1.29 is 0 Å². The van der Waals surface area contributed by atoms with Crippen LogP contribution in [0.5, 0.6) is 0 Å². The van der Waals surface area contributed by atoms with Crippen LogP contribution in [0, 0.1) is 6.07 Å². The van der Waals surface area contributed by atoms with Gasteiger partial charge in [0.15, 0.2) is 0 Å². The first-order chi connectivity index (χ1) is 6.34. The fraction of sp³-hybridized carbons (Fsp3) is 0.273. The molecule has 1 aromatic carbocycles. The number of rotatable bonds is 1. The van der Waals surface area contributed by atoms with Gasteiger partial charge in [0.25, 0.3) is 0 Å². The summed E-state index contributed by atoms with van der Waals surface area (Å²) in [5.41, 5.74) is 1.26. The Balaban J connectivity index is 2.26. The predicted molar refractivity (Wildman–Crippen MR) is 54.1 cm³/mol. The Kier molecular flexibility index (Phi) is 1.44. The second kappa shape index (κ2) is 2.52. The van der Waals surface area contributed by atoms with Crippen molar-refractivity contribution >= 4 is 22.5 Å². The van der Waals surface area contributed by atoms with Gasteiger partial charge in [-0.15, -0.1) is 0 Å². The number of halogens is 1. The van der Waals surface area contributed by atoms with Crippen molar-refractivity contribution in [2.45, 2.75) is 18.9 Å². The maximum Gasteiger partial charge on any atom is 0.0490 e. The first-order valence-corrected chi connectivity index (χ1v) is 4.90. The van der Waals surface area contributed by atoms with E-state index in [-0.39, 0.29) is 0 Å². The third kappa shape index (κ3) is 1.15. The lowest BCUT2D eigenvalue weighted by Gasteiger charge is -2.01. The molecule has 0 N–H and O–H groups in total. The molecular formula is C11H9ClN. The molecule has 0 saturated heterocycles. The summed E-state index contributed by atoms with van der Waals surface area (Å²) >= 11 is 5.89. The van der Waals surface area contributed by atoms with E-state index in [9.17, 15) is 0 Å². The van der Waals surface area contributed by atoms with Gasteiger partial charge in [0.1, 0.15) is 0 Å². The Morgan fingerprint density at radius 2 is 2.23 bits per heavy atom. The lowest BCUT2D eigenvalue weighted by molar-refractivity contribution is 0.775. The summed E-state index contributed by atoms with van der Waals surface area (Å²) in [5, 5.41) is 1.91. The standard InChI is InChI=1S/C11H9ClN/c12-9-1-4-11-8(7-9)5-6-13(11)10-2-3-10/h1,4,6-7,10H,2-3H2. The normalized spacial score (nSPS) is 16.7. The molecule has 2 heteroatoms. The van der Waals surface area contributed by atoms with Crippen LogP contribution in [-0.2, 0) is 0 Å². The van der Waals surface area contributed by atoms with Gasteiger partial charge < -0.3 is 4.57 Å². The van der Waals surface area contributed by atoms with Crippen LogP contribution in [0.1, 0.15) is 18.9 Å². The highest BCUT2D eigenvalue weighted by Gasteiger charge is 2.24. The average molecular weight is 191 g/mol. The smallest absolute Gasteiger partial charge is 0.0490 e. The number of hydrogen-bond donors (Lipinski definition) is 0. The van der Waals surface area contributed by atoms with Gasteiger partial charge in [0, 0.05) is 34.2 Å². The minimum absolute atomic E-state index is 0.718. The zero-order valence-corrected chi connectivity index (χ0v) is 7.88. The number of aromatic nitrogens is 1. The summed E-state index contributed by atoms with van der Waals surface area (Å²) in [5.74, 6) is 0. The first kappa shape index (κ1) is 7.45. The SMILES string of the molecule is Clc1ccc2c([c]cn2C2CC2)c1. The van der Waals surface area contributed by atoms with Crippen molar-refractivity contribution in [1.82, 2.24) is 4.57 Å². The van der Waals surface area contributed by atoms with Crippen molar-refractivity contribution in [2.24, 2.45) is 0 Å². The monoisotopic (exact) mass is 190 g/mol.